The third-order valence-electron chi connectivity index (χ3n) is 7.19. The van der Waals surface area contributed by atoms with Gasteiger partial charge in [-0.3, -0.25) is 9.69 Å². The lowest BCUT2D eigenvalue weighted by Gasteiger charge is -2.34. The van der Waals surface area contributed by atoms with E-state index in [1.807, 2.05) is 37.4 Å². The fourth-order valence-corrected chi connectivity index (χ4v) is 6.66. The molecule has 0 saturated carbocycles. The smallest absolute Gasteiger partial charge is 0.254 e. The van der Waals surface area contributed by atoms with Crippen LogP contribution >= 0.6 is 0 Å². The quantitative estimate of drug-likeness (QED) is 0.526. The summed E-state index contributed by atoms with van der Waals surface area (Å²) in [5, 5.41) is 0. The maximum absolute atomic E-state index is 13.4. The first kappa shape index (κ1) is 23.7. The summed E-state index contributed by atoms with van der Waals surface area (Å²) in [5.41, 5.74) is 4.09. The average Bonchev–Trinajstić information content (AvgIpc) is 3.33. The molecule has 1 aliphatic heterocycles. The van der Waals surface area contributed by atoms with Gasteiger partial charge in [-0.25, -0.2) is 8.42 Å². The fourth-order valence-electron chi connectivity index (χ4n) is 5.19. The number of hydrogen-bond acceptors (Lipinski definition) is 4. The highest BCUT2D eigenvalue weighted by Gasteiger charge is 2.31. The van der Waals surface area contributed by atoms with E-state index in [-0.39, 0.29) is 16.8 Å². The van der Waals surface area contributed by atoms with Crippen LogP contribution in [0.5, 0.6) is 0 Å². The van der Waals surface area contributed by atoms with E-state index >= 15 is 0 Å². The molecule has 0 radical (unpaired) electrons. The van der Waals surface area contributed by atoms with Crippen LogP contribution in [0.4, 0.5) is 0 Å². The van der Waals surface area contributed by atoms with Crippen molar-refractivity contribution in [3.8, 4) is 0 Å². The summed E-state index contributed by atoms with van der Waals surface area (Å²) >= 11 is 0. The second-order valence-corrected chi connectivity index (χ2v) is 11.3. The predicted octanol–water partition coefficient (Wildman–Crippen LogP) is 3.95. The van der Waals surface area contributed by atoms with Crippen molar-refractivity contribution in [2.75, 3.05) is 33.2 Å². The highest BCUT2D eigenvalue weighted by Crippen LogP contribution is 2.35. The van der Waals surface area contributed by atoms with Gasteiger partial charge in [-0.05, 0) is 47.7 Å². The molecule has 1 heterocycles. The van der Waals surface area contributed by atoms with E-state index in [0.29, 0.717) is 31.7 Å². The number of aryl methyl sites for hydroxylation is 1. The summed E-state index contributed by atoms with van der Waals surface area (Å²) in [6.45, 7) is 3.04. The summed E-state index contributed by atoms with van der Waals surface area (Å²) in [4.78, 5) is 17.5. The molecule has 1 fully saturated rings. The van der Waals surface area contributed by atoms with Gasteiger partial charge in [-0.2, -0.15) is 4.31 Å². The average molecular weight is 490 g/mol. The van der Waals surface area contributed by atoms with E-state index in [0.717, 1.165) is 19.4 Å². The minimum absolute atomic E-state index is 0.0108. The maximum Gasteiger partial charge on any atom is 0.254 e. The third kappa shape index (κ3) is 4.89. The minimum Gasteiger partial charge on any atom is -0.335 e. The van der Waals surface area contributed by atoms with Crippen molar-refractivity contribution in [1.82, 2.24) is 14.1 Å². The highest BCUT2D eigenvalue weighted by molar-refractivity contribution is 7.89. The number of nitrogens with zero attached hydrogens (tertiary/aromatic N) is 3. The van der Waals surface area contributed by atoms with Crippen LogP contribution < -0.4 is 0 Å². The van der Waals surface area contributed by atoms with E-state index in [2.05, 4.69) is 29.2 Å². The van der Waals surface area contributed by atoms with Crippen LogP contribution in [0, 0.1) is 0 Å². The monoisotopic (exact) mass is 489 g/mol. The molecule has 0 aromatic heterocycles. The van der Waals surface area contributed by atoms with Gasteiger partial charge in [0.25, 0.3) is 5.91 Å². The molecule has 1 unspecified atom stereocenters. The standard InChI is InChI=1S/C28H31N3O3S/c1-29(27-15-14-23-10-5-6-13-26(23)27)28(32)24-11-7-12-25(20-24)35(33,34)31-18-16-30(17-19-31)21-22-8-3-2-4-9-22/h2-13,20,27H,14-19,21H2,1H3. The number of benzene rings is 3. The van der Waals surface area contributed by atoms with Crippen molar-refractivity contribution in [2.24, 2.45) is 0 Å². The van der Waals surface area contributed by atoms with Gasteiger partial charge in [0.05, 0.1) is 10.9 Å². The van der Waals surface area contributed by atoms with E-state index in [1.54, 1.807) is 23.1 Å². The van der Waals surface area contributed by atoms with E-state index in [1.165, 1.54) is 27.1 Å². The fraction of sp³-hybridized carbons (Fsp3) is 0.321. The number of carbonyl (C=O) groups is 1. The van der Waals surface area contributed by atoms with Crippen molar-refractivity contribution >= 4 is 15.9 Å². The van der Waals surface area contributed by atoms with Crippen LogP contribution in [0.3, 0.4) is 0 Å². The summed E-state index contributed by atoms with van der Waals surface area (Å²) < 4.78 is 28.3. The Hall–Kier alpha value is -3.00. The predicted molar refractivity (Wildman–Crippen MR) is 137 cm³/mol. The molecule has 0 bridgehead atoms. The van der Waals surface area contributed by atoms with Gasteiger partial charge >= 0.3 is 0 Å². The molecule has 3 aromatic carbocycles. The molecule has 6 nitrogen and oxygen atoms in total. The Labute approximate surface area is 207 Å². The zero-order chi connectivity index (χ0) is 24.4. The molecule has 1 amide bonds. The van der Waals surface area contributed by atoms with E-state index in [9.17, 15) is 13.2 Å². The first-order chi connectivity index (χ1) is 16.9. The Morgan fingerprint density at radius 1 is 0.914 bits per heavy atom. The van der Waals surface area contributed by atoms with Gasteiger partial charge in [0.15, 0.2) is 0 Å². The van der Waals surface area contributed by atoms with Crippen molar-refractivity contribution in [3.63, 3.8) is 0 Å². The van der Waals surface area contributed by atoms with Crippen molar-refractivity contribution in [3.05, 3.63) is 101 Å². The van der Waals surface area contributed by atoms with Gasteiger partial charge in [0.1, 0.15) is 0 Å². The number of amides is 1. The zero-order valence-electron chi connectivity index (χ0n) is 20.0. The molecular formula is C28H31N3O3S. The van der Waals surface area contributed by atoms with Gasteiger partial charge in [0, 0.05) is 45.3 Å². The van der Waals surface area contributed by atoms with Crippen LogP contribution in [0.15, 0.2) is 83.8 Å². The molecule has 35 heavy (non-hydrogen) atoms. The van der Waals surface area contributed by atoms with Crippen LogP contribution in [-0.2, 0) is 23.0 Å². The molecule has 182 valence electrons. The van der Waals surface area contributed by atoms with Crippen LogP contribution in [0.2, 0.25) is 0 Å². The summed E-state index contributed by atoms with van der Waals surface area (Å²) in [7, 11) is -1.86. The molecule has 1 atom stereocenters. The van der Waals surface area contributed by atoms with Gasteiger partial charge < -0.3 is 4.90 Å². The van der Waals surface area contributed by atoms with Crippen LogP contribution in [0.25, 0.3) is 0 Å². The number of rotatable bonds is 6. The molecule has 0 N–H and O–H groups in total. The largest absolute Gasteiger partial charge is 0.335 e. The van der Waals surface area contributed by atoms with Crippen molar-refractivity contribution in [1.29, 1.82) is 0 Å². The van der Waals surface area contributed by atoms with E-state index in [4.69, 9.17) is 0 Å². The van der Waals surface area contributed by atoms with Gasteiger partial charge in [0.2, 0.25) is 10.0 Å². The highest BCUT2D eigenvalue weighted by atomic mass is 32.2. The maximum atomic E-state index is 13.4. The molecule has 5 rings (SSSR count). The number of piperazine rings is 1. The Balaban J connectivity index is 1.27. The SMILES string of the molecule is CN(C(=O)c1cccc(S(=O)(=O)N2CCN(Cc3ccccc3)CC2)c1)C1CCc2ccccc21. The van der Waals surface area contributed by atoms with Gasteiger partial charge in [-0.15, -0.1) is 0 Å². The summed E-state index contributed by atoms with van der Waals surface area (Å²) in [6, 6.07) is 24.9. The summed E-state index contributed by atoms with van der Waals surface area (Å²) in [6.07, 6.45) is 1.83. The minimum atomic E-state index is -3.67. The molecule has 0 spiro atoms. The number of fused-ring (bicyclic) bond motifs is 1. The molecule has 7 heteroatoms. The Bertz CT molecular complexity index is 1300. The normalized spacial score (nSPS) is 18.8. The third-order valence-corrected chi connectivity index (χ3v) is 9.08. The first-order valence-corrected chi connectivity index (χ1v) is 13.6. The van der Waals surface area contributed by atoms with Gasteiger partial charge in [-0.1, -0.05) is 60.7 Å². The molecule has 1 aliphatic carbocycles. The van der Waals surface area contributed by atoms with Crippen LogP contribution in [0.1, 0.15) is 39.5 Å². The second kappa shape index (κ2) is 9.93. The Kier molecular flexibility index (Phi) is 6.73. The molecule has 1 saturated heterocycles. The molecule has 3 aromatic rings. The topological polar surface area (TPSA) is 60.9 Å². The van der Waals surface area contributed by atoms with Crippen molar-refractivity contribution < 1.29 is 13.2 Å². The number of sulfonamides is 1. The zero-order valence-corrected chi connectivity index (χ0v) is 20.8. The number of carbonyl (C=O) groups excluding carboxylic acids is 1. The van der Waals surface area contributed by atoms with Crippen molar-refractivity contribution in [2.45, 2.75) is 30.3 Å². The molecular weight excluding hydrogens is 458 g/mol. The first-order valence-electron chi connectivity index (χ1n) is 12.1. The summed E-state index contributed by atoms with van der Waals surface area (Å²) in [5.74, 6) is -0.156. The Morgan fingerprint density at radius 3 is 2.40 bits per heavy atom. The Morgan fingerprint density at radius 2 is 1.63 bits per heavy atom. The molecule has 2 aliphatic rings. The van der Waals surface area contributed by atoms with Crippen LogP contribution in [-0.4, -0.2) is 61.7 Å². The lowest BCUT2D eigenvalue weighted by Crippen LogP contribution is -2.48. The number of hydrogen-bond donors (Lipinski definition) is 0. The lowest BCUT2D eigenvalue weighted by atomic mass is 10.1. The lowest BCUT2D eigenvalue weighted by molar-refractivity contribution is 0.0730. The van der Waals surface area contributed by atoms with E-state index < -0.39 is 10.0 Å². The second-order valence-electron chi connectivity index (χ2n) is 9.36.